The van der Waals surface area contributed by atoms with E-state index in [0.717, 1.165) is 37.3 Å². The quantitative estimate of drug-likeness (QED) is 0.748. The Balaban J connectivity index is 2.13. The zero-order valence-corrected chi connectivity index (χ0v) is 9.76. The van der Waals surface area contributed by atoms with Crippen LogP contribution in [0.3, 0.4) is 0 Å². The number of rotatable bonds is 2. The first kappa shape index (κ1) is 11.3. The highest BCUT2D eigenvalue weighted by Crippen LogP contribution is 2.28. The van der Waals surface area contributed by atoms with Gasteiger partial charge in [0.15, 0.2) is 0 Å². The number of nitrogen functional groups attached to an aromatic ring is 1. The standard InChI is InChI=1S/C13H20N2O/c1-10(16)11-5-4-8-15(9-11)13-7-3-2-6-12(13)14/h2-3,6-7,10-11,16H,4-5,8-9,14H2,1H3/t10-,11+/m1/s1. The zero-order valence-electron chi connectivity index (χ0n) is 9.76. The van der Waals surface area contributed by atoms with E-state index in [1.54, 1.807) is 0 Å². The van der Waals surface area contributed by atoms with Crippen molar-refractivity contribution in [1.29, 1.82) is 0 Å². The molecule has 0 unspecified atom stereocenters. The summed E-state index contributed by atoms with van der Waals surface area (Å²) in [6.45, 7) is 3.83. The van der Waals surface area contributed by atoms with E-state index in [-0.39, 0.29) is 6.10 Å². The molecule has 3 N–H and O–H groups in total. The van der Waals surface area contributed by atoms with Gasteiger partial charge in [-0.1, -0.05) is 12.1 Å². The minimum absolute atomic E-state index is 0.229. The molecule has 1 aliphatic heterocycles. The number of nitrogens with two attached hydrogens (primary N) is 1. The van der Waals surface area contributed by atoms with Gasteiger partial charge in [-0.25, -0.2) is 0 Å². The molecule has 1 saturated heterocycles. The highest BCUT2D eigenvalue weighted by molar-refractivity contribution is 5.67. The van der Waals surface area contributed by atoms with Gasteiger partial charge in [0.1, 0.15) is 0 Å². The van der Waals surface area contributed by atoms with Crippen LogP contribution in [0.4, 0.5) is 11.4 Å². The summed E-state index contributed by atoms with van der Waals surface area (Å²) in [4.78, 5) is 2.29. The molecule has 3 heteroatoms. The van der Waals surface area contributed by atoms with E-state index < -0.39 is 0 Å². The van der Waals surface area contributed by atoms with Crippen molar-refractivity contribution in [3.8, 4) is 0 Å². The molecule has 1 heterocycles. The fourth-order valence-electron chi connectivity index (χ4n) is 2.40. The number of anilines is 2. The SMILES string of the molecule is C[C@@H](O)[C@H]1CCCN(c2ccccc2N)C1. The Morgan fingerprint density at radius 3 is 2.88 bits per heavy atom. The van der Waals surface area contributed by atoms with E-state index in [1.165, 1.54) is 0 Å². The first-order chi connectivity index (χ1) is 7.68. The van der Waals surface area contributed by atoms with Crippen molar-refractivity contribution in [2.45, 2.75) is 25.9 Å². The molecular weight excluding hydrogens is 200 g/mol. The molecule has 0 aliphatic carbocycles. The lowest BCUT2D eigenvalue weighted by atomic mass is 9.93. The number of benzene rings is 1. The molecule has 1 fully saturated rings. The molecular formula is C13H20N2O. The van der Waals surface area contributed by atoms with Gasteiger partial charge in [-0.3, -0.25) is 0 Å². The summed E-state index contributed by atoms with van der Waals surface area (Å²) in [5.74, 6) is 0.369. The first-order valence-corrected chi connectivity index (χ1v) is 5.96. The average molecular weight is 220 g/mol. The second-order valence-electron chi connectivity index (χ2n) is 4.65. The number of nitrogens with zero attached hydrogens (tertiary/aromatic N) is 1. The number of aliphatic hydroxyl groups excluding tert-OH is 1. The number of aliphatic hydroxyl groups is 1. The third-order valence-electron chi connectivity index (χ3n) is 3.42. The van der Waals surface area contributed by atoms with E-state index in [2.05, 4.69) is 11.0 Å². The molecule has 2 rings (SSSR count). The average Bonchev–Trinajstić information content (AvgIpc) is 2.30. The van der Waals surface area contributed by atoms with Crippen molar-refractivity contribution in [1.82, 2.24) is 0 Å². The van der Waals surface area contributed by atoms with Crippen LogP contribution in [0.5, 0.6) is 0 Å². The van der Waals surface area contributed by atoms with Crippen LogP contribution in [0.1, 0.15) is 19.8 Å². The predicted octanol–water partition coefficient (Wildman–Crippen LogP) is 1.87. The summed E-state index contributed by atoms with van der Waals surface area (Å²) in [6.07, 6.45) is 2.01. The molecule has 1 aliphatic rings. The Hall–Kier alpha value is -1.22. The maximum atomic E-state index is 9.65. The minimum Gasteiger partial charge on any atom is -0.397 e. The van der Waals surface area contributed by atoms with Crippen molar-refractivity contribution >= 4 is 11.4 Å². The molecule has 0 radical (unpaired) electrons. The Bertz CT molecular complexity index is 352. The predicted molar refractivity (Wildman–Crippen MR) is 67.5 cm³/mol. The molecule has 0 aromatic heterocycles. The van der Waals surface area contributed by atoms with Crippen LogP contribution >= 0.6 is 0 Å². The lowest BCUT2D eigenvalue weighted by molar-refractivity contribution is 0.115. The van der Waals surface area contributed by atoms with Crippen LogP contribution in [0.15, 0.2) is 24.3 Å². The van der Waals surface area contributed by atoms with Crippen LogP contribution in [0.25, 0.3) is 0 Å². The first-order valence-electron chi connectivity index (χ1n) is 5.96. The van der Waals surface area contributed by atoms with Crippen molar-refractivity contribution in [3.05, 3.63) is 24.3 Å². The van der Waals surface area contributed by atoms with Gasteiger partial charge in [-0.15, -0.1) is 0 Å². The van der Waals surface area contributed by atoms with Gasteiger partial charge in [-0.05, 0) is 31.9 Å². The largest absolute Gasteiger partial charge is 0.397 e. The Morgan fingerprint density at radius 1 is 1.44 bits per heavy atom. The maximum absolute atomic E-state index is 9.65. The van der Waals surface area contributed by atoms with E-state index in [9.17, 15) is 5.11 Å². The lowest BCUT2D eigenvalue weighted by Crippen LogP contribution is -2.39. The third-order valence-corrected chi connectivity index (χ3v) is 3.42. The molecule has 0 bridgehead atoms. The Labute approximate surface area is 96.9 Å². The van der Waals surface area contributed by atoms with Crippen molar-refractivity contribution in [3.63, 3.8) is 0 Å². The Kier molecular flexibility index (Phi) is 3.34. The fourth-order valence-corrected chi connectivity index (χ4v) is 2.40. The molecule has 1 aromatic carbocycles. The van der Waals surface area contributed by atoms with Crippen LogP contribution < -0.4 is 10.6 Å². The highest BCUT2D eigenvalue weighted by atomic mass is 16.3. The van der Waals surface area contributed by atoms with Gasteiger partial charge in [0.05, 0.1) is 17.5 Å². The van der Waals surface area contributed by atoms with E-state index in [4.69, 9.17) is 5.73 Å². The van der Waals surface area contributed by atoms with Gasteiger partial charge in [0.2, 0.25) is 0 Å². The lowest BCUT2D eigenvalue weighted by Gasteiger charge is -2.36. The minimum atomic E-state index is -0.229. The van der Waals surface area contributed by atoms with Crippen LogP contribution in [0.2, 0.25) is 0 Å². The van der Waals surface area contributed by atoms with Crippen LogP contribution in [-0.4, -0.2) is 24.3 Å². The summed E-state index contributed by atoms with van der Waals surface area (Å²) in [7, 11) is 0. The van der Waals surface area contributed by atoms with Gasteiger partial charge in [-0.2, -0.15) is 0 Å². The van der Waals surface area contributed by atoms with Crippen LogP contribution in [-0.2, 0) is 0 Å². The van der Waals surface area contributed by atoms with E-state index in [0.29, 0.717) is 5.92 Å². The summed E-state index contributed by atoms with van der Waals surface area (Å²) in [5, 5.41) is 9.65. The highest BCUT2D eigenvalue weighted by Gasteiger charge is 2.24. The second-order valence-corrected chi connectivity index (χ2v) is 4.65. The molecule has 16 heavy (non-hydrogen) atoms. The maximum Gasteiger partial charge on any atom is 0.0600 e. The molecule has 0 amide bonds. The summed E-state index contributed by atoms with van der Waals surface area (Å²) in [5.41, 5.74) is 7.90. The van der Waals surface area contributed by atoms with Crippen molar-refractivity contribution < 1.29 is 5.11 Å². The molecule has 88 valence electrons. The second kappa shape index (κ2) is 4.74. The van der Waals surface area contributed by atoms with Gasteiger partial charge < -0.3 is 15.7 Å². The molecule has 0 spiro atoms. The monoisotopic (exact) mass is 220 g/mol. The van der Waals surface area contributed by atoms with Crippen molar-refractivity contribution in [2.75, 3.05) is 23.7 Å². The zero-order chi connectivity index (χ0) is 11.5. The number of hydrogen-bond acceptors (Lipinski definition) is 3. The summed E-state index contributed by atoms with van der Waals surface area (Å²) >= 11 is 0. The summed E-state index contributed by atoms with van der Waals surface area (Å²) < 4.78 is 0. The number of para-hydroxylation sites is 2. The van der Waals surface area contributed by atoms with E-state index in [1.807, 2.05) is 25.1 Å². The molecule has 0 saturated carbocycles. The number of piperidine rings is 1. The molecule has 2 atom stereocenters. The van der Waals surface area contributed by atoms with E-state index >= 15 is 0 Å². The van der Waals surface area contributed by atoms with Crippen LogP contribution in [0, 0.1) is 5.92 Å². The van der Waals surface area contributed by atoms with Gasteiger partial charge in [0.25, 0.3) is 0 Å². The normalized spacial score (nSPS) is 23.1. The number of hydrogen-bond donors (Lipinski definition) is 2. The summed E-state index contributed by atoms with van der Waals surface area (Å²) in [6, 6.07) is 7.95. The topological polar surface area (TPSA) is 49.5 Å². The fraction of sp³-hybridized carbons (Fsp3) is 0.538. The van der Waals surface area contributed by atoms with Gasteiger partial charge in [0, 0.05) is 19.0 Å². The molecule has 3 nitrogen and oxygen atoms in total. The van der Waals surface area contributed by atoms with Crippen molar-refractivity contribution in [2.24, 2.45) is 5.92 Å². The molecule has 1 aromatic rings. The van der Waals surface area contributed by atoms with Gasteiger partial charge >= 0.3 is 0 Å². The Morgan fingerprint density at radius 2 is 2.19 bits per heavy atom. The third kappa shape index (κ3) is 2.30. The smallest absolute Gasteiger partial charge is 0.0600 e.